The molecule has 0 bridgehead atoms. The molecule has 9 heteroatoms. The highest BCUT2D eigenvalue weighted by Crippen LogP contribution is 2.28. The number of rotatable bonds is 7. The van der Waals surface area contributed by atoms with Crippen LogP contribution in [0.4, 0.5) is 5.00 Å². The minimum atomic E-state index is -3.60. The summed E-state index contributed by atoms with van der Waals surface area (Å²) in [5, 5.41) is 3.24. The highest BCUT2D eigenvalue weighted by molar-refractivity contribution is 7.89. The fourth-order valence-corrected chi connectivity index (χ4v) is 4.68. The number of nitrogens with zero attached hydrogens (tertiary/aromatic N) is 1. The van der Waals surface area contributed by atoms with Crippen LogP contribution < -0.4 is 5.32 Å². The molecule has 7 nitrogen and oxygen atoms in total. The highest BCUT2D eigenvalue weighted by atomic mass is 32.2. The topological polar surface area (TPSA) is 92.8 Å². The van der Waals surface area contributed by atoms with E-state index >= 15 is 0 Å². The summed E-state index contributed by atoms with van der Waals surface area (Å²) in [6.07, 6.45) is 0. The SMILES string of the molecule is CCOC(=O)c1sc(NC(=O)c2ccc(S(=O)(=O)N(C)C(C)C)cc2)cc1C. The first kappa shape index (κ1) is 22.1. The summed E-state index contributed by atoms with van der Waals surface area (Å²) in [7, 11) is -2.09. The van der Waals surface area contributed by atoms with Gasteiger partial charge in [-0.25, -0.2) is 13.2 Å². The second-order valence-electron chi connectivity index (χ2n) is 6.44. The Labute approximate surface area is 169 Å². The van der Waals surface area contributed by atoms with Crippen LogP contribution in [0.5, 0.6) is 0 Å². The zero-order chi connectivity index (χ0) is 21.1. The van der Waals surface area contributed by atoms with Crippen molar-refractivity contribution in [2.45, 2.75) is 38.6 Å². The summed E-state index contributed by atoms with van der Waals surface area (Å²) in [5.74, 6) is -0.813. The second-order valence-corrected chi connectivity index (χ2v) is 9.49. The number of benzene rings is 1. The van der Waals surface area contributed by atoms with Crippen molar-refractivity contribution in [3.63, 3.8) is 0 Å². The smallest absolute Gasteiger partial charge is 0.348 e. The van der Waals surface area contributed by atoms with E-state index in [0.717, 1.165) is 16.9 Å². The van der Waals surface area contributed by atoms with Crippen LogP contribution in [0.2, 0.25) is 0 Å². The number of aryl methyl sites for hydroxylation is 1. The van der Waals surface area contributed by atoms with Gasteiger partial charge in [-0.1, -0.05) is 0 Å². The number of amides is 1. The normalized spacial score (nSPS) is 11.7. The first-order valence-corrected chi connectivity index (χ1v) is 11.0. The number of anilines is 1. The van der Waals surface area contributed by atoms with Crippen molar-refractivity contribution in [2.75, 3.05) is 19.0 Å². The summed E-state index contributed by atoms with van der Waals surface area (Å²) < 4.78 is 31.2. The lowest BCUT2D eigenvalue weighted by molar-refractivity contribution is 0.0531. The zero-order valence-corrected chi connectivity index (χ0v) is 18.1. The molecule has 0 unspecified atom stereocenters. The Morgan fingerprint density at radius 2 is 1.82 bits per heavy atom. The maximum absolute atomic E-state index is 12.5. The van der Waals surface area contributed by atoms with Crippen LogP contribution in [-0.4, -0.2) is 44.3 Å². The van der Waals surface area contributed by atoms with Crippen LogP contribution in [0.25, 0.3) is 0 Å². The van der Waals surface area contributed by atoms with Gasteiger partial charge in [-0.2, -0.15) is 4.31 Å². The second kappa shape index (κ2) is 8.85. The zero-order valence-electron chi connectivity index (χ0n) is 16.5. The third-order valence-corrected chi connectivity index (χ3v) is 7.32. The number of esters is 1. The summed E-state index contributed by atoms with van der Waals surface area (Å²) >= 11 is 1.14. The molecule has 1 heterocycles. The van der Waals surface area contributed by atoms with Gasteiger partial charge in [-0.3, -0.25) is 4.79 Å². The maximum Gasteiger partial charge on any atom is 0.348 e. The van der Waals surface area contributed by atoms with Crippen LogP contribution in [0.15, 0.2) is 35.2 Å². The molecule has 152 valence electrons. The number of carbonyl (C=O) groups excluding carboxylic acids is 2. The van der Waals surface area contributed by atoms with Crippen molar-refractivity contribution in [3.8, 4) is 0 Å². The van der Waals surface area contributed by atoms with Gasteiger partial charge in [0.15, 0.2) is 0 Å². The molecule has 0 saturated heterocycles. The molecule has 0 spiro atoms. The molecule has 0 radical (unpaired) electrons. The van der Waals surface area contributed by atoms with E-state index in [1.54, 1.807) is 33.8 Å². The summed E-state index contributed by atoms with van der Waals surface area (Å²) in [4.78, 5) is 24.9. The largest absolute Gasteiger partial charge is 0.462 e. The molecule has 2 rings (SSSR count). The first-order chi connectivity index (χ1) is 13.1. The fraction of sp³-hybridized carbons (Fsp3) is 0.368. The van der Waals surface area contributed by atoms with Crippen molar-refractivity contribution < 1.29 is 22.7 Å². The van der Waals surface area contributed by atoms with Gasteiger partial charge in [-0.15, -0.1) is 11.3 Å². The van der Waals surface area contributed by atoms with Gasteiger partial charge >= 0.3 is 5.97 Å². The van der Waals surface area contributed by atoms with Crippen LogP contribution >= 0.6 is 11.3 Å². The number of carbonyl (C=O) groups is 2. The predicted octanol–water partition coefficient (Wildman–Crippen LogP) is 3.51. The van der Waals surface area contributed by atoms with Gasteiger partial charge < -0.3 is 10.1 Å². The average Bonchev–Trinajstić information content (AvgIpc) is 3.01. The number of hydrogen-bond acceptors (Lipinski definition) is 6. The molecule has 0 fully saturated rings. The van der Waals surface area contributed by atoms with E-state index in [1.807, 2.05) is 0 Å². The molecule has 0 aliphatic carbocycles. The van der Waals surface area contributed by atoms with Crippen LogP contribution in [0, 0.1) is 6.92 Å². The van der Waals surface area contributed by atoms with Crippen molar-refractivity contribution in [1.82, 2.24) is 4.31 Å². The first-order valence-electron chi connectivity index (χ1n) is 8.75. The summed E-state index contributed by atoms with van der Waals surface area (Å²) in [6.45, 7) is 7.34. The van der Waals surface area contributed by atoms with Gasteiger partial charge in [0.25, 0.3) is 5.91 Å². The van der Waals surface area contributed by atoms with E-state index in [9.17, 15) is 18.0 Å². The van der Waals surface area contributed by atoms with E-state index in [-0.39, 0.29) is 17.5 Å². The average molecular weight is 425 g/mol. The molecule has 2 aromatic rings. The third kappa shape index (κ3) is 4.78. The van der Waals surface area contributed by atoms with Gasteiger partial charge in [0.2, 0.25) is 10.0 Å². The van der Waals surface area contributed by atoms with E-state index in [0.29, 0.717) is 15.4 Å². The van der Waals surface area contributed by atoms with Crippen molar-refractivity contribution >= 4 is 38.2 Å². The lowest BCUT2D eigenvalue weighted by Gasteiger charge is -2.21. The quantitative estimate of drug-likeness (QED) is 0.687. The Balaban J connectivity index is 2.16. The molecule has 0 aliphatic heterocycles. The third-order valence-electron chi connectivity index (χ3n) is 4.14. The van der Waals surface area contributed by atoms with Gasteiger partial charge in [-0.05, 0) is 63.6 Å². The minimum absolute atomic E-state index is 0.122. The standard InChI is InChI=1S/C19H24N2O5S2/c1-6-26-19(23)17-13(4)11-16(27-17)20-18(22)14-7-9-15(10-8-14)28(24,25)21(5)12(2)3/h7-12H,6H2,1-5H3,(H,20,22). The predicted molar refractivity (Wildman–Crippen MR) is 109 cm³/mol. The fourth-order valence-electron chi connectivity index (χ4n) is 2.35. The van der Waals surface area contributed by atoms with Gasteiger partial charge in [0, 0.05) is 18.7 Å². The van der Waals surface area contributed by atoms with Crippen LogP contribution in [-0.2, 0) is 14.8 Å². The Morgan fingerprint density at radius 3 is 2.36 bits per heavy atom. The molecule has 1 aromatic heterocycles. The van der Waals surface area contributed by atoms with E-state index < -0.39 is 21.9 Å². The molecule has 1 amide bonds. The van der Waals surface area contributed by atoms with E-state index in [4.69, 9.17) is 4.74 Å². The monoisotopic (exact) mass is 424 g/mol. The molecular weight excluding hydrogens is 400 g/mol. The highest BCUT2D eigenvalue weighted by Gasteiger charge is 2.23. The van der Waals surface area contributed by atoms with Crippen molar-refractivity contribution in [1.29, 1.82) is 0 Å². The number of thiophene rings is 1. The number of ether oxygens (including phenoxy) is 1. The Morgan fingerprint density at radius 1 is 1.21 bits per heavy atom. The number of hydrogen-bond donors (Lipinski definition) is 1. The Kier molecular flexibility index (Phi) is 6.97. The molecular formula is C19H24N2O5S2. The molecule has 0 atom stereocenters. The van der Waals surface area contributed by atoms with Gasteiger partial charge in [0.1, 0.15) is 4.88 Å². The Hall–Kier alpha value is -2.23. The van der Waals surface area contributed by atoms with Gasteiger partial charge in [0.05, 0.1) is 16.5 Å². The number of nitrogens with one attached hydrogen (secondary N) is 1. The van der Waals surface area contributed by atoms with Crippen LogP contribution in [0.3, 0.4) is 0 Å². The lowest BCUT2D eigenvalue weighted by Crippen LogP contribution is -2.33. The summed E-state index contributed by atoms with van der Waals surface area (Å²) in [5.41, 5.74) is 1.03. The Bertz CT molecular complexity index is 963. The molecule has 28 heavy (non-hydrogen) atoms. The van der Waals surface area contributed by atoms with Crippen LogP contribution in [0.1, 0.15) is 46.4 Å². The van der Waals surface area contributed by atoms with E-state index in [1.165, 1.54) is 35.6 Å². The molecule has 0 aliphatic rings. The van der Waals surface area contributed by atoms with Crippen molar-refractivity contribution in [2.24, 2.45) is 0 Å². The molecule has 1 aromatic carbocycles. The minimum Gasteiger partial charge on any atom is -0.462 e. The van der Waals surface area contributed by atoms with Crippen molar-refractivity contribution in [3.05, 3.63) is 46.3 Å². The maximum atomic E-state index is 12.5. The van der Waals surface area contributed by atoms with E-state index in [2.05, 4.69) is 5.32 Å². The molecule has 1 N–H and O–H groups in total. The summed E-state index contributed by atoms with van der Waals surface area (Å²) in [6, 6.07) is 7.26. The lowest BCUT2D eigenvalue weighted by atomic mass is 10.2. The molecule has 0 saturated carbocycles. The number of sulfonamides is 1.